The maximum Gasteiger partial charge on any atom is 0.0464 e. The summed E-state index contributed by atoms with van der Waals surface area (Å²) in [5.74, 6) is 0. The van der Waals surface area contributed by atoms with Crippen LogP contribution in [0.1, 0.15) is 36.2 Å². The van der Waals surface area contributed by atoms with E-state index in [0.29, 0.717) is 6.04 Å². The minimum absolute atomic E-state index is 0.187. The van der Waals surface area contributed by atoms with Crippen molar-refractivity contribution < 1.29 is 0 Å². The smallest absolute Gasteiger partial charge is 0.0464 e. The van der Waals surface area contributed by atoms with E-state index in [1.54, 1.807) is 4.88 Å². The topological polar surface area (TPSA) is 32.5 Å². The van der Waals surface area contributed by atoms with Gasteiger partial charge in [-0.05, 0) is 56.8 Å². The van der Waals surface area contributed by atoms with Crippen LogP contribution < -0.4 is 5.73 Å². The lowest BCUT2D eigenvalue weighted by Crippen LogP contribution is -2.63. The monoisotopic (exact) mass is 279 g/mol. The van der Waals surface area contributed by atoms with Gasteiger partial charge in [0.1, 0.15) is 0 Å². The van der Waals surface area contributed by atoms with Crippen molar-refractivity contribution in [3.8, 4) is 0 Å². The zero-order valence-corrected chi connectivity index (χ0v) is 12.9. The summed E-state index contributed by atoms with van der Waals surface area (Å²) in [5.41, 5.74) is 7.95. The molecule has 1 aromatic rings. The predicted molar refractivity (Wildman–Crippen MR) is 81.7 cm³/mol. The molecule has 0 spiro atoms. The van der Waals surface area contributed by atoms with Crippen molar-refractivity contribution in [2.24, 2.45) is 5.73 Å². The van der Waals surface area contributed by atoms with Crippen LogP contribution in [-0.2, 0) is 6.42 Å². The van der Waals surface area contributed by atoms with Crippen LogP contribution >= 0.6 is 11.3 Å². The van der Waals surface area contributed by atoms with Crippen LogP contribution in [0.4, 0.5) is 0 Å². The zero-order chi connectivity index (χ0) is 13.5. The highest BCUT2D eigenvalue weighted by Gasteiger charge is 2.42. The summed E-state index contributed by atoms with van der Waals surface area (Å²) < 4.78 is 0. The first-order chi connectivity index (χ1) is 9.16. The molecule has 0 bridgehead atoms. The van der Waals surface area contributed by atoms with E-state index in [2.05, 4.69) is 35.2 Å². The van der Waals surface area contributed by atoms with Gasteiger partial charge in [-0.1, -0.05) is 0 Å². The number of thiophene rings is 1. The molecule has 2 aliphatic rings. The van der Waals surface area contributed by atoms with Gasteiger partial charge in [-0.3, -0.25) is 4.90 Å². The van der Waals surface area contributed by atoms with Crippen LogP contribution in [0.3, 0.4) is 0 Å². The average molecular weight is 279 g/mol. The third kappa shape index (κ3) is 2.25. The van der Waals surface area contributed by atoms with Crippen molar-refractivity contribution in [1.29, 1.82) is 0 Å². The van der Waals surface area contributed by atoms with Gasteiger partial charge in [-0.15, -0.1) is 11.3 Å². The van der Waals surface area contributed by atoms with Gasteiger partial charge in [-0.25, -0.2) is 0 Å². The number of hydrogen-bond acceptors (Lipinski definition) is 4. The van der Waals surface area contributed by atoms with Gasteiger partial charge in [-0.2, -0.15) is 0 Å². The minimum atomic E-state index is 0.187. The summed E-state index contributed by atoms with van der Waals surface area (Å²) >= 11 is 1.92. The fourth-order valence-electron chi connectivity index (χ4n) is 4.01. The second kappa shape index (κ2) is 5.17. The number of piperidine rings is 1. The molecular weight excluding hydrogens is 254 g/mol. The van der Waals surface area contributed by atoms with Gasteiger partial charge in [0, 0.05) is 36.1 Å². The molecule has 0 amide bonds. The Hall–Kier alpha value is -0.420. The Morgan fingerprint density at radius 1 is 1.47 bits per heavy atom. The summed E-state index contributed by atoms with van der Waals surface area (Å²) in [6, 6.07) is 2.83. The van der Waals surface area contributed by atoms with Crippen molar-refractivity contribution in [1.82, 2.24) is 9.80 Å². The SMILES string of the molecule is CC1c2ccsc2CCN1C1(CN)CCCN(C)C1. The van der Waals surface area contributed by atoms with Crippen LogP contribution in [0.25, 0.3) is 0 Å². The van der Waals surface area contributed by atoms with E-state index in [9.17, 15) is 0 Å². The Balaban J connectivity index is 1.88. The third-order valence-electron chi connectivity index (χ3n) is 5.01. The molecular formula is C15H25N3S. The molecule has 2 unspecified atom stereocenters. The summed E-state index contributed by atoms with van der Waals surface area (Å²) in [4.78, 5) is 6.73. The number of likely N-dealkylation sites (tertiary alicyclic amines) is 1. The van der Waals surface area contributed by atoms with Crippen molar-refractivity contribution in [2.45, 2.75) is 37.8 Å². The van der Waals surface area contributed by atoms with E-state index in [1.807, 2.05) is 11.3 Å². The first kappa shape index (κ1) is 13.6. The molecule has 0 radical (unpaired) electrons. The number of nitrogens with two attached hydrogens (primary N) is 1. The Morgan fingerprint density at radius 3 is 3.05 bits per heavy atom. The Morgan fingerprint density at radius 2 is 2.32 bits per heavy atom. The van der Waals surface area contributed by atoms with Crippen LogP contribution in [0, 0.1) is 0 Å². The fourth-order valence-corrected chi connectivity index (χ4v) is 4.98. The summed E-state index contributed by atoms with van der Waals surface area (Å²) in [6.45, 7) is 6.64. The van der Waals surface area contributed by atoms with E-state index in [1.165, 1.54) is 37.9 Å². The molecule has 3 heterocycles. The number of likely N-dealkylation sites (N-methyl/N-ethyl adjacent to an activating group) is 1. The molecule has 2 atom stereocenters. The lowest BCUT2D eigenvalue weighted by molar-refractivity contribution is -0.00505. The first-order valence-corrected chi connectivity index (χ1v) is 8.26. The van der Waals surface area contributed by atoms with Gasteiger partial charge >= 0.3 is 0 Å². The third-order valence-corrected chi connectivity index (χ3v) is 6.01. The maximum absolute atomic E-state index is 6.22. The molecule has 0 saturated carbocycles. The van der Waals surface area contributed by atoms with Crippen LogP contribution in [0.2, 0.25) is 0 Å². The van der Waals surface area contributed by atoms with E-state index < -0.39 is 0 Å². The molecule has 1 aromatic heterocycles. The highest BCUT2D eigenvalue weighted by molar-refractivity contribution is 7.10. The number of fused-ring (bicyclic) bond motifs is 1. The second-order valence-corrected chi connectivity index (χ2v) is 7.19. The van der Waals surface area contributed by atoms with Gasteiger partial charge in [0.25, 0.3) is 0 Å². The first-order valence-electron chi connectivity index (χ1n) is 7.38. The predicted octanol–water partition coefficient (Wildman–Crippen LogP) is 2.09. The molecule has 2 aliphatic heterocycles. The van der Waals surface area contributed by atoms with Gasteiger partial charge in [0.15, 0.2) is 0 Å². The molecule has 19 heavy (non-hydrogen) atoms. The largest absolute Gasteiger partial charge is 0.329 e. The van der Waals surface area contributed by atoms with Gasteiger partial charge < -0.3 is 10.6 Å². The second-order valence-electron chi connectivity index (χ2n) is 6.19. The molecule has 3 rings (SSSR count). The lowest BCUT2D eigenvalue weighted by Gasteiger charge is -2.52. The quantitative estimate of drug-likeness (QED) is 0.900. The van der Waals surface area contributed by atoms with Crippen molar-refractivity contribution in [2.75, 3.05) is 33.2 Å². The van der Waals surface area contributed by atoms with Crippen molar-refractivity contribution in [3.63, 3.8) is 0 Å². The molecule has 0 aromatic carbocycles. The summed E-state index contributed by atoms with van der Waals surface area (Å²) in [5, 5.41) is 2.24. The molecule has 2 N–H and O–H groups in total. The number of hydrogen-bond donors (Lipinski definition) is 1. The van der Waals surface area contributed by atoms with E-state index in [4.69, 9.17) is 5.73 Å². The molecule has 106 valence electrons. The molecule has 4 heteroatoms. The molecule has 3 nitrogen and oxygen atoms in total. The van der Waals surface area contributed by atoms with Crippen LogP contribution in [-0.4, -0.2) is 48.6 Å². The molecule has 1 fully saturated rings. The van der Waals surface area contributed by atoms with Gasteiger partial charge in [0.05, 0.1) is 0 Å². The van der Waals surface area contributed by atoms with Gasteiger partial charge in [0.2, 0.25) is 0 Å². The van der Waals surface area contributed by atoms with E-state index in [0.717, 1.165) is 13.1 Å². The van der Waals surface area contributed by atoms with Crippen LogP contribution in [0.5, 0.6) is 0 Å². The van der Waals surface area contributed by atoms with Crippen molar-refractivity contribution in [3.05, 3.63) is 21.9 Å². The van der Waals surface area contributed by atoms with Crippen LogP contribution in [0.15, 0.2) is 11.4 Å². The number of rotatable bonds is 2. The highest BCUT2D eigenvalue weighted by Crippen LogP contribution is 2.39. The van der Waals surface area contributed by atoms with E-state index >= 15 is 0 Å². The maximum atomic E-state index is 6.22. The molecule has 1 saturated heterocycles. The lowest BCUT2D eigenvalue weighted by atomic mass is 9.83. The summed E-state index contributed by atoms with van der Waals surface area (Å²) in [7, 11) is 2.23. The normalized spacial score (nSPS) is 33.3. The summed E-state index contributed by atoms with van der Waals surface area (Å²) in [6.07, 6.45) is 3.72. The molecule has 0 aliphatic carbocycles. The minimum Gasteiger partial charge on any atom is -0.329 e. The fraction of sp³-hybridized carbons (Fsp3) is 0.733. The highest BCUT2D eigenvalue weighted by atomic mass is 32.1. The van der Waals surface area contributed by atoms with E-state index in [-0.39, 0.29) is 5.54 Å². The van der Waals surface area contributed by atoms with Crippen molar-refractivity contribution >= 4 is 11.3 Å². The average Bonchev–Trinajstić information content (AvgIpc) is 2.88. The Labute approximate surface area is 120 Å². The standard InChI is InChI=1S/C15H25N3S/c1-12-13-5-9-19-14(13)4-8-18(12)15(10-16)6-3-7-17(2)11-15/h5,9,12H,3-4,6-8,10-11,16H2,1-2H3. The Kier molecular flexibility index (Phi) is 3.69. The number of nitrogens with zero attached hydrogens (tertiary/aromatic N) is 2. The zero-order valence-electron chi connectivity index (χ0n) is 12.1. The Bertz CT molecular complexity index is 444.